The van der Waals surface area contributed by atoms with Crippen LogP contribution in [0.25, 0.3) is 0 Å². The van der Waals surface area contributed by atoms with Crippen LogP contribution < -0.4 is 16.0 Å². The fourth-order valence-electron chi connectivity index (χ4n) is 2.88. The molecular weight excluding hydrogens is 312 g/mol. The molecule has 7 heteroatoms. The Bertz CT molecular complexity index is 657. The summed E-state index contributed by atoms with van der Waals surface area (Å²) in [5.41, 5.74) is 1.47. The summed E-state index contributed by atoms with van der Waals surface area (Å²) in [6, 6.07) is 3.48. The van der Waals surface area contributed by atoms with Crippen molar-refractivity contribution in [1.29, 1.82) is 0 Å². The number of aromatic nitrogens is 1. The van der Waals surface area contributed by atoms with Gasteiger partial charge in [-0.25, -0.2) is 4.98 Å². The maximum absolute atomic E-state index is 12.8. The smallest absolute Gasteiger partial charge is 0.181 e. The Labute approximate surface area is 139 Å². The predicted molar refractivity (Wildman–Crippen MR) is 91.1 cm³/mol. The topological polar surface area (TPSA) is 83.1 Å². The highest BCUT2D eigenvalue weighted by atomic mass is 32.2. The number of thioether (sulfide) groups is 1. The van der Waals surface area contributed by atoms with Gasteiger partial charge < -0.3 is 10.6 Å². The quantitative estimate of drug-likeness (QED) is 0.572. The van der Waals surface area contributed by atoms with Gasteiger partial charge in [-0.05, 0) is 38.4 Å². The molecule has 0 amide bonds. The minimum atomic E-state index is -0.602. The number of ketones is 2. The van der Waals surface area contributed by atoms with E-state index in [9.17, 15) is 9.59 Å². The first-order valence-electron chi connectivity index (χ1n) is 7.70. The predicted octanol–water partition coefficient (Wildman–Crippen LogP) is 1.73. The standard InChI is InChI=1S/C16H20N4O2S/c1-17-12-7-6-9(8-19-12)13(21)10-4-3-5-11-15(14(10)22)23-16(18-2)20-11/h6-8,10,16,18,20H,3-5H2,1-2H3,(H,17,19). The average Bonchev–Trinajstić information content (AvgIpc) is 2.94. The molecule has 2 atom stereocenters. The average molecular weight is 332 g/mol. The van der Waals surface area contributed by atoms with E-state index in [4.69, 9.17) is 0 Å². The summed E-state index contributed by atoms with van der Waals surface area (Å²) in [4.78, 5) is 30.5. The van der Waals surface area contributed by atoms with E-state index < -0.39 is 5.92 Å². The Morgan fingerprint density at radius 1 is 1.39 bits per heavy atom. The van der Waals surface area contributed by atoms with Gasteiger partial charge in [-0.2, -0.15) is 0 Å². The first kappa shape index (κ1) is 16.0. The number of hydrogen-bond acceptors (Lipinski definition) is 7. The Kier molecular flexibility index (Phi) is 4.68. The van der Waals surface area contributed by atoms with Crippen LogP contribution in [-0.4, -0.2) is 36.1 Å². The van der Waals surface area contributed by atoms with Crippen LogP contribution >= 0.6 is 11.8 Å². The lowest BCUT2D eigenvalue weighted by Crippen LogP contribution is -2.32. The lowest BCUT2D eigenvalue weighted by molar-refractivity contribution is -0.117. The lowest BCUT2D eigenvalue weighted by atomic mass is 9.91. The second-order valence-corrected chi connectivity index (χ2v) is 6.71. The van der Waals surface area contributed by atoms with Gasteiger partial charge in [-0.15, -0.1) is 0 Å². The van der Waals surface area contributed by atoms with Crippen LogP contribution in [-0.2, 0) is 4.79 Å². The zero-order valence-electron chi connectivity index (χ0n) is 13.2. The summed E-state index contributed by atoms with van der Waals surface area (Å²) < 4.78 is 0. The SMILES string of the molecule is CNc1ccc(C(=O)C2CCCC3=C(SC(NC)N3)C2=O)cn1. The molecule has 2 unspecified atom stereocenters. The van der Waals surface area contributed by atoms with Crippen molar-refractivity contribution in [2.75, 3.05) is 19.4 Å². The van der Waals surface area contributed by atoms with Gasteiger partial charge in [0.2, 0.25) is 0 Å². The van der Waals surface area contributed by atoms with E-state index in [1.165, 1.54) is 18.0 Å². The molecule has 0 saturated heterocycles. The zero-order valence-corrected chi connectivity index (χ0v) is 14.0. The van der Waals surface area contributed by atoms with Crippen LogP contribution in [0.5, 0.6) is 0 Å². The number of carbonyl (C=O) groups is 2. The number of Topliss-reactive ketones (excluding diaryl/α,β-unsaturated/α-hetero) is 2. The monoisotopic (exact) mass is 332 g/mol. The molecule has 0 fully saturated rings. The van der Waals surface area contributed by atoms with Crippen molar-refractivity contribution in [2.24, 2.45) is 5.92 Å². The van der Waals surface area contributed by atoms with Crippen molar-refractivity contribution in [3.8, 4) is 0 Å². The third-order valence-corrected chi connectivity index (χ3v) is 5.43. The molecular formula is C16H20N4O2S. The lowest BCUT2D eigenvalue weighted by Gasteiger charge is -2.15. The van der Waals surface area contributed by atoms with E-state index in [1.54, 1.807) is 19.2 Å². The van der Waals surface area contributed by atoms with E-state index in [-0.39, 0.29) is 17.1 Å². The summed E-state index contributed by atoms with van der Waals surface area (Å²) in [6.45, 7) is 0. The highest BCUT2D eigenvalue weighted by molar-refractivity contribution is 8.04. The minimum Gasteiger partial charge on any atom is -0.373 e. The van der Waals surface area contributed by atoms with E-state index in [2.05, 4.69) is 20.9 Å². The maximum Gasteiger partial charge on any atom is 0.181 e. The van der Waals surface area contributed by atoms with Crippen molar-refractivity contribution >= 4 is 29.1 Å². The summed E-state index contributed by atoms with van der Waals surface area (Å²) in [5, 5.41) is 9.33. The first-order valence-corrected chi connectivity index (χ1v) is 8.58. The number of allylic oxidation sites excluding steroid dienone is 2. The molecule has 1 aromatic rings. The van der Waals surface area contributed by atoms with Crippen molar-refractivity contribution in [2.45, 2.75) is 24.8 Å². The molecule has 3 rings (SSSR count). The summed E-state index contributed by atoms with van der Waals surface area (Å²) in [5.74, 6) is -0.0938. The molecule has 0 aromatic carbocycles. The third kappa shape index (κ3) is 3.11. The van der Waals surface area contributed by atoms with Crippen molar-refractivity contribution in [3.63, 3.8) is 0 Å². The molecule has 2 aliphatic rings. The molecule has 2 heterocycles. The number of hydrogen-bond donors (Lipinski definition) is 3. The van der Waals surface area contributed by atoms with Gasteiger partial charge in [-0.1, -0.05) is 11.8 Å². The second kappa shape index (κ2) is 6.72. The molecule has 0 bridgehead atoms. The first-order chi connectivity index (χ1) is 11.1. The van der Waals surface area contributed by atoms with Crippen molar-refractivity contribution < 1.29 is 9.59 Å². The van der Waals surface area contributed by atoms with Gasteiger partial charge in [0, 0.05) is 24.5 Å². The third-order valence-electron chi connectivity index (χ3n) is 4.16. The molecule has 1 aromatic heterocycles. The molecule has 6 nitrogen and oxygen atoms in total. The maximum atomic E-state index is 12.8. The fourth-order valence-corrected chi connectivity index (χ4v) is 3.99. The normalized spacial score (nSPS) is 24.0. The minimum absolute atomic E-state index is 0.00869. The highest BCUT2D eigenvalue weighted by Crippen LogP contribution is 2.38. The summed E-state index contributed by atoms with van der Waals surface area (Å²) in [6.07, 6.45) is 3.77. The molecule has 122 valence electrons. The fraction of sp³-hybridized carbons (Fsp3) is 0.438. The molecule has 0 spiro atoms. The van der Waals surface area contributed by atoms with Crippen LogP contribution in [0.4, 0.5) is 5.82 Å². The van der Waals surface area contributed by atoms with Gasteiger partial charge in [0.05, 0.1) is 10.8 Å². The Balaban J connectivity index is 1.81. The number of anilines is 1. The van der Waals surface area contributed by atoms with Gasteiger partial charge in [0.25, 0.3) is 0 Å². The van der Waals surface area contributed by atoms with E-state index >= 15 is 0 Å². The molecule has 1 aliphatic carbocycles. The van der Waals surface area contributed by atoms with Gasteiger partial charge in [0.1, 0.15) is 11.3 Å². The summed E-state index contributed by atoms with van der Waals surface area (Å²) >= 11 is 1.47. The highest BCUT2D eigenvalue weighted by Gasteiger charge is 2.37. The number of rotatable bonds is 4. The summed E-state index contributed by atoms with van der Waals surface area (Å²) in [7, 11) is 3.62. The number of pyridine rings is 1. The Morgan fingerprint density at radius 2 is 2.22 bits per heavy atom. The van der Waals surface area contributed by atoms with Crippen LogP contribution in [0.3, 0.4) is 0 Å². The largest absolute Gasteiger partial charge is 0.373 e. The molecule has 1 aliphatic heterocycles. The number of nitrogens with one attached hydrogen (secondary N) is 3. The number of nitrogens with zero attached hydrogens (tertiary/aromatic N) is 1. The van der Waals surface area contributed by atoms with E-state index in [0.29, 0.717) is 22.7 Å². The Hall–Kier alpha value is -1.86. The van der Waals surface area contributed by atoms with Gasteiger partial charge in [0.15, 0.2) is 11.6 Å². The Morgan fingerprint density at radius 3 is 2.87 bits per heavy atom. The van der Waals surface area contributed by atoms with Gasteiger partial charge in [-0.3, -0.25) is 14.9 Å². The van der Waals surface area contributed by atoms with Crippen LogP contribution in [0.1, 0.15) is 29.6 Å². The van der Waals surface area contributed by atoms with Gasteiger partial charge >= 0.3 is 0 Å². The molecule has 0 saturated carbocycles. The van der Waals surface area contributed by atoms with E-state index in [1.807, 2.05) is 7.05 Å². The molecule has 3 N–H and O–H groups in total. The zero-order chi connectivity index (χ0) is 16.4. The van der Waals surface area contributed by atoms with Crippen molar-refractivity contribution in [3.05, 3.63) is 34.5 Å². The molecule has 0 radical (unpaired) electrons. The van der Waals surface area contributed by atoms with Crippen LogP contribution in [0, 0.1) is 5.92 Å². The van der Waals surface area contributed by atoms with Crippen molar-refractivity contribution in [1.82, 2.24) is 15.6 Å². The molecule has 23 heavy (non-hydrogen) atoms. The van der Waals surface area contributed by atoms with Crippen LogP contribution in [0.2, 0.25) is 0 Å². The van der Waals surface area contributed by atoms with Crippen LogP contribution in [0.15, 0.2) is 28.9 Å². The second-order valence-electron chi connectivity index (χ2n) is 5.59. The number of carbonyl (C=O) groups excluding carboxylic acids is 2. The van der Waals surface area contributed by atoms with E-state index in [0.717, 1.165) is 18.5 Å².